The van der Waals surface area contributed by atoms with Crippen LogP contribution in [0.2, 0.25) is 0 Å². The fourth-order valence-electron chi connectivity index (χ4n) is 1.09. The van der Waals surface area contributed by atoms with E-state index in [0.717, 1.165) is 10.5 Å². The molecule has 0 aromatic heterocycles. The van der Waals surface area contributed by atoms with Crippen molar-refractivity contribution in [3.05, 3.63) is 40.4 Å². The average Bonchev–Trinajstić information content (AvgIpc) is 2.25. The van der Waals surface area contributed by atoms with Crippen LogP contribution in [-0.4, -0.2) is 17.6 Å². The molecule has 0 saturated carbocycles. The number of nitrogens with one attached hydrogen (secondary N) is 1. The van der Waals surface area contributed by atoms with Crippen molar-refractivity contribution >= 4 is 27.6 Å². The molecule has 82 valence electrons. The summed E-state index contributed by atoms with van der Waals surface area (Å²) in [5.74, 6) is -0.988. The fraction of sp³-hybridized carbons (Fsp3) is 0.0909. The van der Waals surface area contributed by atoms with E-state index in [4.69, 9.17) is 10.4 Å². The van der Waals surface area contributed by atoms with E-state index >= 15 is 0 Å². The number of benzene rings is 1. The minimum Gasteiger partial charge on any atom is -0.478 e. The SMILES string of the molecule is N#Cc1cc(Br)ccc1NC/C=C/C(=O)O. The van der Waals surface area contributed by atoms with Crippen LogP contribution in [0.1, 0.15) is 5.56 Å². The molecular weight excluding hydrogens is 272 g/mol. The van der Waals surface area contributed by atoms with E-state index in [-0.39, 0.29) is 0 Å². The van der Waals surface area contributed by atoms with Gasteiger partial charge >= 0.3 is 5.97 Å². The second kappa shape index (κ2) is 5.93. The number of halogens is 1. The Morgan fingerprint density at radius 3 is 3.00 bits per heavy atom. The summed E-state index contributed by atoms with van der Waals surface area (Å²) in [5.41, 5.74) is 1.19. The highest BCUT2D eigenvalue weighted by Gasteiger charge is 2.00. The number of rotatable bonds is 4. The molecule has 16 heavy (non-hydrogen) atoms. The molecule has 0 spiro atoms. The Morgan fingerprint density at radius 2 is 2.38 bits per heavy atom. The highest BCUT2D eigenvalue weighted by molar-refractivity contribution is 9.10. The average molecular weight is 281 g/mol. The van der Waals surface area contributed by atoms with Gasteiger partial charge in [0.1, 0.15) is 6.07 Å². The van der Waals surface area contributed by atoms with Crippen LogP contribution >= 0.6 is 15.9 Å². The minimum absolute atomic E-state index is 0.364. The maximum absolute atomic E-state index is 10.2. The molecule has 0 atom stereocenters. The van der Waals surface area contributed by atoms with Crippen molar-refractivity contribution in [1.29, 1.82) is 5.26 Å². The summed E-state index contributed by atoms with van der Waals surface area (Å²) >= 11 is 3.27. The summed E-state index contributed by atoms with van der Waals surface area (Å²) in [6, 6.07) is 7.32. The van der Waals surface area contributed by atoms with E-state index in [1.165, 1.54) is 6.08 Å². The van der Waals surface area contributed by atoms with Gasteiger partial charge in [-0.15, -0.1) is 0 Å². The van der Waals surface area contributed by atoms with Gasteiger partial charge in [0, 0.05) is 17.1 Å². The highest BCUT2D eigenvalue weighted by Crippen LogP contribution is 2.19. The van der Waals surface area contributed by atoms with Crippen molar-refractivity contribution in [2.75, 3.05) is 11.9 Å². The summed E-state index contributed by atoms with van der Waals surface area (Å²) in [6.07, 6.45) is 2.53. The maximum Gasteiger partial charge on any atom is 0.328 e. The molecule has 0 bridgehead atoms. The molecule has 2 N–H and O–H groups in total. The fourth-order valence-corrected chi connectivity index (χ4v) is 1.45. The first kappa shape index (κ1) is 12.3. The van der Waals surface area contributed by atoms with Crippen molar-refractivity contribution in [2.45, 2.75) is 0 Å². The first-order chi connectivity index (χ1) is 7.63. The van der Waals surface area contributed by atoms with Crippen LogP contribution in [0.5, 0.6) is 0 Å². The van der Waals surface area contributed by atoms with Crippen LogP contribution in [0.15, 0.2) is 34.8 Å². The zero-order valence-corrected chi connectivity index (χ0v) is 9.86. The van der Waals surface area contributed by atoms with Crippen molar-refractivity contribution in [2.24, 2.45) is 0 Å². The van der Waals surface area contributed by atoms with E-state index in [2.05, 4.69) is 27.3 Å². The molecule has 0 saturated heterocycles. The van der Waals surface area contributed by atoms with Crippen molar-refractivity contribution in [3.63, 3.8) is 0 Å². The van der Waals surface area contributed by atoms with Crippen molar-refractivity contribution in [1.82, 2.24) is 0 Å². The summed E-state index contributed by atoms with van der Waals surface area (Å²) in [6.45, 7) is 0.364. The lowest BCUT2D eigenvalue weighted by Crippen LogP contribution is -2.01. The minimum atomic E-state index is -0.988. The van der Waals surface area contributed by atoms with Gasteiger partial charge in [0.15, 0.2) is 0 Å². The molecule has 0 aliphatic rings. The lowest BCUT2D eigenvalue weighted by Gasteiger charge is -2.05. The van der Waals surface area contributed by atoms with E-state index < -0.39 is 5.97 Å². The molecule has 0 aliphatic carbocycles. The lowest BCUT2D eigenvalue weighted by molar-refractivity contribution is -0.131. The van der Waals surface area contributed by atoms with Gasteiger partial charge in [0.25, 0.3) is 0 Å². The Bertz CT molecular complexity index is 464. The second-order valence-electron chi connectivity index (χ2n) is 2.92. The zero-order chi connectivity index (χ0) is 12.0. The molecule has 5 heteroatoms. The van der Waals surface area contributed by atoms with E-state index in [0.29, 0.717) is 17.8 Å². The number of aliphatic carboxylic acids is 1. The number of hydrogen-bond acceptors (Lipinski definition) is 3. The van der Waals surface area contributed by atoms with Gasteiger partial charge in [-0.1, -0.05) is 22.0 Å². The summed E-state index contributed by atoms with van der Waals surface area (Å²) < 4.78 is 0.829. The smallest absolute Gasteiger partial charge is 0.328 e. The Balaban J connectivity index is 2.68. The topological polar surface area (TPSA) is 73.1 Å². The van der Waals surface area contributed by atoms with Crippen LogP contribution in [0, 0.1) is 11.3 Å². The van der Waals surface area contributed by atoms with E-state index in [9.17, 15) is 4.79 Å². The Morgan fingerprint density at radius 1 is 1.62 bits per heavy atom. The number of hydrogen-bond donors (Lipinski definition) is 2. The molecule has 4 nitrogen and oxygen atoms in total. The van der Waals surface area contributed by atoms with Gasteiger partial charge in [-0.25, -0.2) is 4.79 Å². The Hall–Kier alpha value is -1.80. The van der Waals surface area contributed by atoms with Gasteiger partial charge in [-0.2, -0.15) is 5.26 Å². The molecule has 1 aromatic rings. The normalized spacial score (nSPS) is 10.0. The predicted octanol–water partition coefficient (Wildman–Crippen LogP) is 2.37. The maximum atomic E-state index is 10.2. The van der Waals surface area contributed by atoms with Crippen molar-refractivity contribution < 1.29 is 9.90 Å². The predicted molar refractivity (Wildman–Crippen MR) is 64.1 cm³/mol. The first-order valence-corrected chi connectivity index (χ1v) is 5.26. The molecule has 0 unspecified atom stereocenters. The van der Waals surface area contributed by atoms with Crippen LogP contribution in [0.25, 0.3) is 0 Å². The van der Waals surface area contributed by atoms with Gasteiger partial charge in [-0.05, 0) is 18.2 Å². The number of carboxylic acids is 1. The van der Waals surface area contributed by atoms with E-state index in [1.807, 2.05) is 6.07 Å². The first-order valence-electron chi connectivity index (χ1n) is 4.46. The number of carbonyl (C=O) groups is 1. The third kappa shape index (κ3) is 3.75. The quantitative estimate of drug-likeness (QED) is 0.831. The van der Waals surface area contributed by atoms with Gasteiger partial charge in [-0.3, -0.25) is 0 Å². The molecule has 0 radical (unpaired) electrons. The molecule has 1 rings (SSSR count). The molecule has 0 heterocycles. The third-order valence-electron chi connectivity index (χ3n) is 1.77. The number of nitrogens with zero attached hydrogens (tertiary/aromatic N) is 1. The van der Waals surface area contributed by atoms with Gasteiger partial charge < -0.3 is 10.4 Å². The molecule has 0 fully saturated rings. The highest BCUT2D eigenvalue weighted by atomic mass is 79.9. The van der Waals surface area contributed by atoms with Gasteiger partial charge in [0.05, 0.1) is 11.3 Å². The van der Waals surface area contributed by atoms with Crippen LogP contribution in [0.3, 0.4) is 0 Å². The third-order valence-corrected chi connectivity index (χ3v) is 2.27. The number of carboxylic acid groups (broad SMARTS) is 1. The standard InChI is InChI=1S/C11H9BrN2O2/c12-9-3-4-10(8(6-9)7-13)14-5-1-2-11(15)16/h1-4,6,14H,5H2,(H,15,16)/b2-1+. The van der Waals surface area contributed by atoms with Crippen LogP contribution in [0.4, 0.5) is 5.69 Å². The van der Waals surface area contributed by atoms with E-state index in [1.54, 1.807) is 12.1 Å². The molecular formula is C11H9BrN2O2. The number of nitriles is 1. The van der Waals surface area contributed by atoms with Crippen LogP contribution in [-0.2, 0) is 4.79 Å². The molecule has 0 aliphatic heterocycles. The summed E-state index contributed by atoms with van der Waals surface area (Å²) in [5, 5.41) is 20.2. The summed E-state index contributed by atoms with van der Waals surface area (Å²) in [7, 11) is 0. The number of anilines is 1. The molecule has 0 amide bonds. The van der Waals surface area contributed by atoms with Crippen LogP contribution < -0.4 is 5.32 Å². The van der Waals surface area contributed by atoms with Crippen molar-refractivity contribution in [3.8, 4) is 6.07 Å². The zero-order valence-electron chi connectivity index (χ0n) is 8.27. The summed E-state index contributed by atoms with van der Waals surface area (Å²) in [4.78, 5) is 10.2. The van der Waals surface area contributed by atoms with Gasteiger partial charge in [0.2, 0.25) is 0 Å². The largest absolute Gasteiger partial charge is 0.478 e. The Kier molecular flexibility index (Phi) is 4.55. The Labute approximate surface area is 101 Å². The lowest BCUT2D eigenvalue weighted by atomic mass is 10.2. The second-order valence-corrected chi connectivity index (χ2v) is 3.84. The molecule has 1 aromatic carbocycles. The monoisotopic (exact) mass is 280 g/mol.